The maximum atomic E-state index is 5.38. The molecule has 12 heavy (non-hydrogen) atoms. The first kappa shape index (κ1) is 9.79. The molecule has 0 amide bonds. The topological polar surface area (TPSA) is 9.23 Å². The highest BCUT2D eigenvalue weighted by Crippen LogP contribution is 2.34. The lowest BCUT2D eigenvalue weighted by Crippen LogP contribution is -2.26. The van der Waals surface area contributed by atoms with Crippen molar-refractivity contribution in [1.29, 1.82) is 0 Å². The standard InChI is InChI=1S/C11H20O/c1-8(2)11-7-10(12-4)6-5-9(11)3/h8,10-11H,3,5-7H2,1-2,4H3. The molecule has 1 fully saturated rings. The predicted molar refractivity (Wildman–Crippen MR) is 52.1 cm³/mol. The van der Waals surface area contributed by atoms with E-state index in [0.717, 1.165) is 12.3 Å². The number of rotatable bonds is 2. The molecule has 70 valence electrons. The highest BCUT2D eigenvalue weighted by Gasteiger charge is 2.26. The molecule has 1 saturated carbocycles. The zero-order valence-electron chi connectivity index (χ0n) is 8.47. The van der Waals surface area contributed by atoms with E-state index in [9.17, 15) is 0 Å². The summed E-state index contributed by atoms with van der Waals surface area (Å²) in [6, 6.07) is 0. The minimum atomic E-state index is 0.475. The summed E-state index contributed by atoms with van der Waals surface area (Å²) in [5, 5.41) is 0. The zero-order valence-corrected chi connectivity index (χ0v) is 8.47. The van der Waals surface area contributed by atoms with Crippen molar-refractivity contribution in [1.82, 2.24) is 0 Å². The number of allylic oxidation sites excluding steroid dienone is 1. The maximum absolute atomic E-state index is 5.38. The highest BCUT2D eigenvalue weighted by molar-refractivity contribution is 5.06. The van der Waals surface area contributed by atoms with Crippen LogP contribution < -0.4 is 0 Å². The Morgan fingerprint density at radius 2 is 2.17 bits per heavy atom. The van der Waals surface area contributed by atoms with Crippen LogP contribution in [0.5, 0.6) is 0 Å². The normalized spacial score (nSPS) is 31.2. The second-order valence-electron chi connectivity index (χ2n) is 4.14. The van der Waals surface area contributed by atoms with Gasteiger partial charge in [0.1, 0.15) is 0 Å². The maximum Gasteiger partial charge on any atom is 0.0580 e. The predicted octanol–water partition coefficient (Wildman–Crippen LogP) is 3.01. The molecule has 1 aliphatic rings. The quantitative estimate of drug-likeness (QED) is 0.576. The van der Waals surface area contributed by atoms with Gasteiger partial charge >= 0.3 is 0 Å². The fraction of sp³-hybridized carbons (Fsp3) is 0.818. The molecule has 0 radical (unpaired) electrons. The first-order chi connectivity index (χ1) is 5.65. The van der Waals surface area contributed by atoms with Gasteiger partial charge in [0.15, 0.2) is 0 Å². The van der Waals surface area contributed by atoms with Gasteiger partial charge in [-0.2, -0.15) is 0 Å². The second-order valence-corrected chi connectivity index (χ2v) is 4.14. The summed E-state index contributed by atoms with van der Waals surface area (Å²) in [4.78, 5) is 0. The minimum Gasteiger partial charge on any atom is -0.381 e. The second kappa shape index (κ2) is 4.08. The van der Waals surface area contributed by atoms with Gasteiger partial charge < -0.3 is 4.74 Å². The first-order valence-corrected chi connectivity index (χ1v) is 4.85. The van der Waals surface area contributed by atoms with Crippen molar-refractivity contribution in [3.63, 3.8) is 0 Å². The van der Waals surface area contributed by atoms with Gasteiger partial charge in [0.25, 0.3) is 0 Å². The third-order valence-electron chi connectivity index (χ3n) is 2.97. The van der Waals surface area contributed by atoms with Gasteiger partial charge in [0.05, 0.1) is 6.10 Å². The average Bonchev–Trinajstić information content (AvgIpc) is 2.05. The third-order valence-corrected chi connectivity index (χ3v) is 2.97. The molecule has 0 heterocycles. The van der Waals surface area contributed by atoms with Crippen LogP contribution in [0.1, 0.15) is 33.1 Å². The van der Waals surface area contributed by atoms with Crippen molar-refractivity contribution in [3.05, 3.63) is 12.2 Å². The summed E-state index contributed by atoms with van der Waals surface area (Å²) in [5.74, 6) is 1.40. The van der Waals surface area contributed by atoms with Gasteiger partial charge in [0, 0.05) is 7.11 Å². The number of methoxy groups -OCH3 is 1. The van der Waals surface area contributed by atoms with Crippen LogP contribution in [-0.4, -0.2) is 13.2 Å². The molecule has 0 saturated heterocycles. The smallest absolute Gasteiger partial charge is 0.0580 e. The molecule has 1 heteroatoms. The molecule has 0 spiro atoms. The van der Waals surface area contributed by atoms with Gasteiger partial charge in [-0.15, -0.1) is 0 Å². The fourth-order valence-electron chi connectivity index (χ4n) is 2.06. The molecule has 1 aliphatic carbocycles. The van der Waals surface area contributed by atoms with Gasteiger partial charge in [-0.25, -0.2) is 0 Å². The van der Waals surface area contributed by atoms with Crippen LogP contribution in [0.25, 0.3) is 0 Å². The summed E-state index contributed by atoms with van der Waals surface area (Å²) in [6.45, 7) is 8.67. The molecule has 1 nitrogen and oxygen atoms in total. The SMILES string of the molecule is C=C1CCC(OC)CC1C(C)C. The molecule has 0 aromatic heterocycles. The Labute approximate surface area is 75.8 Å². The Morgan fingerprint density at radius 3 is 2.67 bits per heavy atom. The van der Waals surface area contributed by atoms with Crippen molar-refractivity contribution >= 4 is 0 Å². The summed E-state index contributed by atoms with van der Waals surface area (Å²) < 4.78 is 5.38. The van der Waals surface area contributed by atoms with Crippen LogP contribution in [0, 0.1) is 11.8 Å². The molecule has 0 aliphatic heterocycles. The van der Waals surface area contributed by atoms with Gasteiger partial charge in [-0.1, -0.05) is 26.0 Å². The van der Waals surface area contributed by atoms with Crippen LogP contribution >= 0.6 is 0 Å². The van der Waals surface area contributed by atoms with Crippen molar-refractivity contribution < 1.29 is 4.74 Å². The lowest BCUT2D eigenvalue weighted by molar-refractivity contribution is 0.0581. The third kappa shape index (κ3) is 2.10. The van der Waals surface area contributed by atoms with Gasteiger partial charge in [0.2, 0.25) is 0 Å². The molecule has 2 atom stereocenters. The summed E-state index contributed by atoms with van der Waals surface area (Å²) >= 11 is 0. The summed E-state index contributed by atoms with van der Waals surface area (Å²) in [7, 11) is 1.82. The molecular formula is C11H20O. The number of hydrogen-bond acceptors (Lipinski definition) is 1. The van der Waals surface area contributed by atoms with Crippen LogP contribution in [0.15, 0.2) is 12.2 Å². The number of ether oxygens (including phenoxy) is 1. The van der Waals surface area contributed by atoms with E-state index in [0.29, 0.717) is 12.0 Å². The van der Waals surface area contributed by atoms with E-state index in [4.69, 9.17) is 4.74 Å². The van der Waals surface area contributed by atoms with Crippen LogP contribution in [0.3, 0.4) is 0 Å². The Hall–Kier alpha value is -0.300. The van der Waals surface area contributed by atoms with Crippen LogP contribution in [0.2, 0.25) is 0 Å². The average molecular weight is 168 g/mol. The molecular weight excluding hydrogens is 148 g/mol. The van der Waals surface area contributed by atoms with Crippen molar-refractivity contribution in [2.24, 2.45) is 11.8 Å². The van der Waals surface area contributed by atoms with Crippen LogP contribution in [-0.2, 0) is 4.74 Å². The molecule has 0 bridgehead atoms. The largest absolute Gasteiger partial charge is 0.381 e. The molecule has 2 unspecified atom stereocenters. The first-order valence-electron chi connectivity index (χ1n) is 4.85. The van der Waals surface area contributed by atoms with E-state index in [1.807, 2.05) is 7.11 Å². The van der Waals surface area contributed by atoms with E-state index in [2.05, 4.69) is 20.4 Å². The Balaban J connectivity index is 2.53. The summed E-state index contributed by atoms with van der Waals surface area (Å²) in [5.41, 5.74) is 1.43. The minimum absolute atomic E-state index is 0.475. The van der Waals surface area contributed by atoms with Crippen molar-refractivity contribution in [3.8, 4) is 0 Å². The lowest BCUT2D eigenvalue weighted by atomic mass is 9.77. The molecule has 1 rings (SSSR count). The Kier molecular flexibility index (Phi) is 3.33. The van der Waals surface area contributed by atoms with Crippen molar-refractivity contribution in [2.75, 3.05) is 7.11 Å². The van der Waals surface area contributed by atoms with E-state index >= 15 is 0 Å². The summed E-state index contributed by atoms with van der Waals surface area (Å²) in [6.07, 6.45) is 3.97. The molecule has 0 aromatic carbocycles. The molecule has 0 N–H and O–H groups in total. The number of hydrogen-bond donors (Lipinski definition) is 0. The lowest BCUT2D eigenvalue weighted by Gasteiger charge is -2.32. The van der Waals surface area contributed by atoms with Gasteiger partial charge in [-0.05, 0) is 31.1 Å². The Bertz CT molecular complexity index is 160. The van der Waals surface area contributed by atoms with Crippen molar-refractivity contribution in [2.45, 2.75) is 39.2 Å². The van der Waals surface area contributed by atoms with Gasteiger partial charge in [-0.3, -0.25) is 0 Å². The monoisotopic (exact) mass is 168 g/mol. The van der Waals surface area contributed by atoms with E-state index in [1.54, 1.807) is 0 Å². The fourth-order valence-corrected chi connectivity index (χ4v) is 2.06. The highest BCUT2D eigenvalue weighted by atomic mass is 16.5. The van der Waals surface area contributed by atoms with E-state index in [1.165, 1.54) is 18.4 Å². The Morgan fingerprint density at radius 1 is 1.50 bits per heavy atom. The zero-order chi connectivity index (χ0) is 9.14. The van der Waals surface area contributed by atoms with E-state index < -0.39 is 0 Å². The van der Waals surface area contributed by atoms with Crippen LogP contribution in [0.4, 0.5) is 0 Å². The molecule has 0 aromatic rings. The van der Waals surface area contributed by atoms with E-state index in [-0.39, 0.29) is 0 Å².